The number of thiophene rings is 1. The Bertz CT molecular complexity index is 1990. The average molecular weight is 605 g/mol. The van der Waals surface area contributed by atoms with Crippen LogP contribution in [0.5, 0.6) is 0 Å². The van der Waals surface area contributed by atoms with E-state index in [4.69, 9.17) is 4.42 Å². The number of hydrogen-bond acceptors (Lipinski definition) is 9. The Morgan fingerprint density at radius 3 is 2.76 bits per heavy atom. The van der Waals surface area contributed by atoms with Crippen LogP contribution in [0, 0.1) is 10.1 Å². The Balaban J connectivity index is 1.45. The molecule has 3 aromatic heterocycles. The van der Waals surface area contributed by atoms with Crippen LogP contribution in [0.25, 0.3) is 31.3 Å². The zero-order chi connectivity index (χ0) is 26.4. The second kappa shape index (κ2) is 9.56. The summed E-state index contributed by atoms with van der Waals surface area (Å²) in [5.74, 6) is -0.492. The van der Waals surface area contributed by atoms with Gasteiger partial charge in [-0.15, -0.1) is 11.3 Å². The van der Waals surface area contributed by atoms with Crippen molar-refractivity contribution in [3.05, 3.63) is 108 Å². The molecular weight excluding hydrogens is 592 g/mol. The van der Waals surface area contributed by atoms with Crippen LogP contribution >= 0.6 is 38.6 Å². The molecule has 0 fully saturated rings. The van der Waals surface area contributed by atoms with Gasteiger partial charge in [-0.2, -0.15) is 10.1 Å². The first-order valence-corrected chi connectivity index (χ1v) is 13.4. The maximum atomic E-state index is 13.7. The van der Waals surface area contributed by atoms with Gasteiger partial charge in [-0.3, -0.25) is 19.7 Å². The zero-order valence-corrected chi connectivity index (χ0v) is 22.2. The summed E-state index contributed by atoms with van der Waals surface area (Å²) in [7, 11) is 0. The first-order valence-electron chi connectivity index (χ1n) is 11.0. The van der Waals surface area contributed by atoms with Crippen molar-refractivity contribution in [3.8, 4) is 0 Å². The fraction of sp³-hybridized carbons (Fsp3) is 0. The van der Waals surface area contributed by atoms with E-state index in [1.54, 1.807) is 36.4 Å². The molecule has 186 valence electrons. The number of amides is 1. The molecular formula is C26H13BrN4O5S2. The lowest BCUT2D eigenvalue weighted by molar-refractivity contribution is -0.384. The number of hydrogen-bond donors (Lipinski definition) is 0. The van der Waals surface area contributed by atoms with E-state index in [0.717, 1.165) is 14.2 Å². The van der Waals surface area contributed by atoms with Crippen molar-refractivity contribution in [1.29, 1.82) is 0 Å². The van der Waals surface area contributed by atoms with E-state index in [2.05, 4.69) is 26.0 Å². The molecule has 3 heterocycles. The summed E-state index contributed by atoms with van der Waals surface area (Å²) in [6.45, 7) is 0. The number of thiazole rings is 1. The molecule has 9 nitrogen and oxygen atoms in total. The topological polar surface area (TPSA) is 119 Å². The van der Waals surface area contributed by atoms with Crippen LogP contribution in [-0.2, 0) is 0 Å². The molecule has 0 saturated heterocycles. The maximum Gasteiger partial charge on any atom is 0.290 e. The van der Waals surface area contributed by atoms with E-state index in [0.29, 0.717) is 36.6 Å². The summed E-state index contributed by atoms with van der Waals surface area (Å²) in [5, 5.41) is 18.0. The number of carbonyl (C=O) groups excluding carboxylic acids is 1. The Morgan fingerprint density at radius 1 is 1.08 bits per heavy atom. The highest BCUT2D eigenvalue weighted by molar-refractivity contribution is 9.10. The lowest BCUT2D eigenvalue weighted by Gasteiger charge is -2.12. The molecule has 0 atom stereocenters. The third-order valence-corrected chi connectivity index (χ3v) is 8.24. The van der Waals surface area contributed by atoms with Crippen molar-refractivity contribution in [1.82, 2.24) is 4.98 Å². The van der Waals surface area contributed by atoms with Gasteiger partial charge in [0.25, 0.3) is 11.6 Å². The van der Waals surface area contributed by atoms with Crippen LogP contribution in [0.15, 0.2) is 91.8 Å². The minimum atomic E-state index is -0.492. The monoisotopic (exact) mass is 604 g/mol. The summed E-state index contributed by atoms with van der Waals surface area (Å²) < 4.78 is 7.98. The van der Waals surface area contributed by atoms with Crippen LogP contribution in [-0.4, -0.2) is 22.0 Å². The van der Waals surface area contributed by atoms with Gasteiger partial charge in [-0.05, 0) is 42.5 Å². The van der Waals surface area contributed by atoms with Gasteiger partial charge in [0.2, 0.25) is 10.6 Å². The van der Waals surface area contributed by atoms with E-state index in [1.807, 2.05) is 18.2 Å². The number of benzene rings is 3. The van der Waals surface area contributed by atoms with Crippen LogP contribution in [0.3, 0.4) is 0 Å². The third kappa shape index (κ3) is 4.38. The highest BCUT2D eigenvalue weighted by Gasteiger charge is 2.24. The van der Waals surface area contributed by atoms with Crippen molar-refractivity contribution in [2.45, 2.75) is 0 Å². The zero-order valence-electron chi connectivity index (χ0n) is 19.0. The van der Waals surface area contributed by atoms with E-state index in [1.165, 1.54) is 47.3 Å². The highest BCUT2D eigenvalue weighted by atomic mass is 79.9. The third-order valence-electron chi connectivity index (χ3n) is 5.65. The molecule has 0 aliphatic carbocycles. The number of rotatable bonds is 5. The molecule has 0 aliphatic heterocycles. The van der Waals surface area contributed by atoms with Crippen molar-refractivity contribution in [3.63, 3.8) is 0 Å². The lowest BCUT2D eigenvalue weighted by Crippen LogP contribution is -2.25. The molecule has 0 aliphatic rings. The largest absolute Gasteiger partial charge is 0.463 e. The Kier molecular flexibility index (Phi) is 6.06. The Morgan fingerprint density at radius 2 is 1.92 bits per heavy atom. The smallest absolute Gasteiger partial charge is 0.290 e. The number of nitrogens with zero attached hydrogens (tertiary/aromatic N) is 4. The van der Waals surface area contributed by atoms with Crippen molar-refractivity contribution in [2.75, 3.05) is 5.01 Å². The van der Waals surface area contributed by atoms with Crippen molar-refractivity contribution in [2.24, 2.45) is 5.10 Å². The molecule has 1 amide bonds. The number of nitro benzene ring substituents is 1. The molecule has 0 radical (unpaired) electrons. The summed E-state index contributed by atoms with van der Waals surface area (Å²) >= 11 is 5.89. The average Bonchev–Trinajstić information content (AvgIpc) is 3.53. The predicted molar refractivity (Wildman–Crippen MR) is 153 cm³/mol. The quantitative estimate of drug-likeness (QED) is 0.119. The highest BCUT2D eigenvalue weighted by Crippen LogP contribution is 2.34. The number of anilines is 1. The van der Waals surface area contributed by atoms with Crippen molar-refractivity contribution < 1.29 is 14.1 Å². The Hall–Kier alpha value is -4.26. The first kappa shape index (κ1) is 24.1. The molecule has 12 heteroatoms. The summed E-state index contributed by atoms with van der Waals surface area (Å²) in [6, 6.07) is 18.4. The molecule has 6 rings (SSSR count). The minimum Gasteiger partial charge on any atom is -0.463 e. The number of aromatic nitrogens is 1. The number of para-hydroxylation sites is 1. The van der Waals surface area contributed by atoms with E-state index in [9.17, 15) is 19.7 Å². The van der Waals surface area contributed by atoms with E-state index < -0.39 is 10.8 Å². The molecule has 0 spiro atoms. The molecule has 0 saturated carbocycles. The van der Waals surface area contributed by atoms with Gasteiger partial charge in [0.05, 0.1) is 37.2 Å². The summed E-state index contributed by atoms with van der Waals surface area (Å²) in [6.07, 6.45) is 2.57. The molecule has 3 aromatic carbocycles. The van der Waals surface area contributed by atoms with Gasteiger partial charge in [-0.1, -0.05) is 39.4 Å². The summed E-state index contributed by atoms with van der Waals surface area (Å²) in [5.41, 5.74) is 0.934. The fourth-order valence-corrected chi connectivity index (χ4v) is 6.26. The van der Waals surface area contributed by atoms with E-state index >= 15 is 0 Å². The van der Waals surface area contributed by atoms with Gasteiger partial charge in [0.1, 0.15) is 11.8 Å². The van der Waals surface area contributed by atoms with Gasteiger partial charge < -0.3 is 4.42 Å². The lowest BCUT2D eigenvalue weighted by atomic mass is 10.2. The van der Waals surface area contributed by atoms with Gasteiger partial charge in [0, 0.05) is 26.7 Å². The van der Waals surface area contributed by atoms with Crippen molar-refractivity contribution >= 4 is 92.8 Å². The van der Waals surface area contributed by atoms with Gasteiger partial charge in [-0.25, -0.2) is 4.98 Å². The van der Waals surface area contributed by atoms with Crippen LogP contribution < -0.4 is 10.4 Å². The molecule has 6 aromatic rings. The fourth-order valence-electron chi connectivity index (χ4n) is 3.82. The number of hydrazone groups is 1. The summed E-state index contributed by atoms with van der Waals surface area (Å²) in [4.78, 5) is 42.3. The van der Waals surface area contributed by atoms with Crippen LogP contribution in [0.1, 0.15) is 15.2 Å². The Labute approximate surface area is 229 Å². The van der Waals surface area contributed by atoms with Crippen LogP contribution in [0.4, 0.5) is 10.8 Å². The van der Waals surface area contributed by atoms with Gasteiger partial charge in [0.15, 0.2) is 0 Å². The SMILES string of the molecule is O=C(c1cc2cc([N+](=O)[O-])ccc2s1)N(/N=C/c1coc2ccccc2c1=O)c1nc2ccc(Br)cc2s1. The number of carbonyl (C=O) groups is 1. The number of halogens is 1. The second-order valence-corrected chi connectivity index (χ2v) is 11.1. The molecule has 0 bridgehead atoms. The molecule has 0 unspecified atom stereocenters. The predicted octanol–water partition coefficient (Wildman–Crippen LogP) is 6.97. The number of fused-ring (bicyclic) bond motifs is 3. The minimum absolute atomic E-state index is 0.0658. The number of non-ortho nitro benzene ring substituents is 1. The van der Waals surface area contributed by atoms with Crippen LogP contribution in [0.2, 0.25) is 0 Å². The van der Waals surface area contributed by atoms with E-state index in [-0.39, 0.29) is 16.7 Å². The maximum absolute atomic E-state index is 13.7. The van der Waals surface area contributed by atoms with Gasteiger partial charge >= 0.3 is 0 Å². The number of nitro groups is 1. The molecule has 0 N–H and O–H groups in total. The standard InChI is InChI=1S/C26H13BrN4O5S2/c27-16-5-7-19-22(11-16)38-26(29-19)30(28-12-15-13-36-20-4-2-1-3-18(20)24(15)32)25(33)23-10-14-9-17(31(34)35)6-8-21(14)37-23/h1-13H/b28-12+. The molecule has 38 heavy (non-hydrogen) atoms. The normalized spacial score (nSPS) is 11.6. The first-order chi connectivity index (χ1) is 18.4. The second-order valence-electron chi connectivity index (χ2n) is 8.08.